The Hall–Kier alpha value is -1.35. The number of nitrogens with one attached hydrogen (secondary N) is 1. The van der Waals surface area contributed by atoms with Crippen LogP contribution < -0.4 is 5.32 Å². The molecule has 1 atom stereocenters. The van der Waals surface area contributed by atoms with Crippen molar-refractivity contribution in [2.45, 2.75) is 22.6 Å². The van der Waals surface area contributed by atoms with Gasteiger partial charge in [-0.3, -0.25) is 4.79 Å². The van der Waals surface area contributed by atoms with Gasteiger partial charge in [0.2, 0.25) is 15.9 Å². The first-order valence-electron chi connectivity index (χ1n) is 8.61. The fourth-order valence-corrected chi connectivity index (χ4v) is 5.32. The lowest BCUT2D eigenvalue weighted by Gasteiger charge is -2.31. The van der Waals surface area contributed by atoms with Gasteiger partial charge in [0, 0.05) is 28.1 Å². The van der Waals surface area contributed by atoms with Crippen LogP contribution in [0.15, 0.2) is 62.8 Å². The molecule has 8 heteroatoms. The highest BCUT2D eigenvalue weighted by Crippen LogP contribution is 2.26. The normalized spacial score (nSPS) is 18.2. The molecule has 3 rings (SSSR count). The van der Waals surface area contributed by atoms with Gasteiger partial charge in [-0.1, -0.05) is 22.0 Å². The number of thioether (sulfide) groups is 1. The van der Waals surface area contributed by atoms with Gasteiger partial charge in [0.15, 0.2) is 0 Å². The first kappa shape index (κ1) is 20.4. The summed E-state index contributed by atoms with van der Waals surface area (Å²) in [5.74, 6) is -0.495. The van der Waals surface area contributed by atoms with E-state index in [1.54, 1.807) is 36.0 Å². The number of hydrogen-bond donors (Lipinski definition) is 1. The molecule has 0 aromatic heterocycles. The smallest absolute Gasteiger partial charge is 0.243 e. The fraction of sp³-hybridized carbons (Fsp3) is 0.316. The molecule has 2 aromatic carbocycles. The fourth-order valence-electron chi connectivity index (χ4n) is 3.08. The molecule has 1 amide bonds. The van der Waals surface area contributed by atoms with Crippen molar-refractivity contribution in [3.63, 3.8) is 0 Å². The molecule has 1 aliphatic rings. The lowest BCUT2D eigenvalue weighted by molar-refractivity contribution is -0.120. The zero-order valence-electron chi connectivity index (χ0n) is 14.9. The molecular formula is C19H21BrN2O3S2. The molecular weight excluding hydrogens is 448 g/mol. The summed E-state index contributed by atoms with van der Waals surface area (Å²) in [6.07, 6.45) is 3.33. The minimum atomic E-state index is -3.60. The number of benzene rings is 2. The zero-order chi connectivity index (χ0) is 19.4. The topological polar surface area (TPSA) is 66.5 Å². The molecule has 1 heterocycles. The van der Waals surface area contributed by atoms with Crippen molar-refractivity contribution < 1.29 is 13.2 Å². The summed E-state index contributed by atoms with van der Waals surface area (Å²) in [4.78, 5) is 14.0. The third-order valence-electron chi connectivity index (χ3n) is 4.54. The first-order valence-corrected chi connectivity index (χ1v) is 12.1. The zero-order valence-corrected chi connectivity index (χ0v) is 18.1. The average Bonchev–Trinajstić information content (AvgIpc) is 2.68. The quantitative estimate of drug-likeness (QED) is 0.667. The maximum atomic E-state index is 12.9. The van der Waals surface area contributed by atoms with Crippen LogP contribution in [-0.4, -0.2) is 38.0 Å². The van der Waals surface area contributed by atoms with E-state index >= 15 is 0 Å². The highest BCUT2D eigenvalue weighted by molar-refractivity contribution is 9.10. The predicted octanol–water partition coefficient (Wildman–Crippen LogP) is 4.21. The number of carbonyl (C=O) groups excluding carboxylic acids is 1. The number of nitrogens with zero attached hydrogens (tertiary/aromatic N) is 1. The van der Waals surface area contributed by atoms with Gasteiger partial charge in [0.05, 0.1) is 10.8 Å². The number of carbonyl (C=O) groups is 1. The van der Waals surface area contributed by atoms with Gasteiger partial charge in [0.1, 0.15) is 0 Å². The van der Waals surface area contributed by atoms with E-state index in [0.29, 0.717) is 19.4 Å². The summed E-state index contributed by atoms with van der Waals surface area (Å²) in [5, 5.41) is 2.93. The molecule has 0 unspecified atom stereocenters. The summed E-state index contributed by atoms with van der Waals surface area (Å²) in [5.41, 5.74) is 0.736. The third-order valence-corrected chi connectivity index (χ3v) is 7.68. The van der Waals surface area contributed by atoms with Crippen LogP contribution in [0.4, 0.5) is 5.69 Å². The molecule has 0 aliphatic carbocycles. The van der Waals surface area contributed by atoms with Crippen molar-refractivity contribution in [1.29, 1.82) is 0 Å². The number of anilines is 1. The van der Waals surface area contributed by atoms with E-state index in [1.807, 2.05) is 30.5 Å². The summed E-state index contributed by atoms with van der Waals surface area (Å²) in [6.45, 7) is 0.636. The lowest BCUT2D eigenvalue weighted by atomic mass is 9.99. The van der Waals surface area contributed by atoms with Crippen LogP contribution >= 0.6 is 27.7 Å². The molecule has 1 fully saturated rings. The standard InChI is InChI=1S/C19H21BrN2O3S2/c1-26-17-6-2-5-16(12-17)21-19(23)14-4-3-11-22(13-14)27(24,25)18-9-7-15(20)8-10-18/h2,5-10,12,14H,3-4,11,13H2,1H3,(H,21,23)/t14-/m1/s1. The maximum Gasteiger partial charge on any atom is 0.243 e. The van der Waals surface area contributed by atoms with Crippen molar-refractivity contribution in [3.05, 3.63) is 53.0 Å². The molecule has 144 valence electrons. The average molecular weight is 469 g/mol. The summed E-state index contributed by atoms with van der Waals surface area (Å²) >= 11 is 4.92. The van der Waals surface area contributed by atoms with E-state index in [-0.39, 0.29) is 23.3 Å². The molecule has 27 heavy (non-hydrogen) atoms. The first-order chi connectivity index (χ1) is 12.9. The van der Waals surface area contributed by atoms with Crippen molar-refractivity contribution in [1.82, 2.24) is 4.31 Å². The number of hydrogen-bond acceptors (Lipinski definition) is 4. The van der Waals surface area contributed by atoms with Crippen LogP contribution in [0.25, 0.3) is 0 Å². The number of rotatable bonds is 5. The molecule has 1 N–H and O–H groups in total. The third kappa shape index (κ3) is 4.93. The van der Waals surface area contributed by atoms with Crippen LogP contribution in [0.3, 0.4) is 0 Å². The van der Waals surface area contributed by atoms with E-state index in [9.17, 15) is 13.2 Å². The van der Waals surface area contributed by atoms with Crippen LogP contribution in [-0.2, 0) is 14.8 Å². The van der Waals surface area contributed by atoms with Crippen LogP contribution in [0.2, 0.25) is 0 Å². The van der Waals surface area contributed by atoms with Gasteiger partial charge in [-0.15, -0.1) is 11.8 Å². The van der Waals surface area contributed by atoms with E-state index in [4.69, 9.17) is 0 Å². The predicted molar refractivity (Wildman–Crippen MR) is 112 cm³/mol. The minimum absolute atomic E-state index is 0.135. The molecule has 0 bridgehead atoms. The Morgan fingerprint density at radius 3 is 2.67 bits per heavy atom. The van der Waals surface area contributed by atoms with E-state index in [2.05, 4.69) is 21.2 Å². The van der Waals surface area contributed by atoms with Crippen LogP contribution in [0.5, 0.6) is 0 Å². The number of halogens is 1. The van der Waals surface area contributed by atoms with Crippen molar-refractivity contribution in [3.8, 4) is 0 Å². The molecule has 0 radical (unpaired) electrons. The molecule has 5 nitrogen and oxygen atoms in total. The SMILES string of the molecule is CSc1cccc(NC(=O)[C@@H]2CCCN(S(=O)(=O)c3ccc(Br)cc3)C2)c1. The van der Waals surface area contributed by atoms with Gasteiger partial charge < -0.3 is 5.32 Å². The summed E-state index contributed by atoms with van der Waals surface area (Å²) < 4.78 is 28.0. The largest absolute Gasteiger partial charge is 0.326 e. The van der Waals surface area contributed by atoms with Gasteiger partial charge in [-0.2, -0.15) is 4.31 Å². The van der Waals surface area contributed by atoms with Crippen molar-refractivity contribution >= 4 is 49.3 Å². The molecule has 2 aromatic rings. The number of amides is 1. The maximum absolute atomic E-state index is 12.9. The van der Waals surface area contributed by atoms with Gasteiger partial charge in [-0.05, 0) is 61.6 Å². The number of sulfonamides is 1. The molecule has 0 saturated carbocycles. The monoisotopic (exact) mass is 468 g/mol. The van der Waals surface area contributed by atoms with E-state index < -0.39 is 10.0 Å². The van der Waals surface area contributed by atoms with Crippen LogP contribution in [0.1, 0.15) is 12.8 Å². The Balaban J connectivity index is 1.71. The van der Waals surface area contributed by atoms with Gasteiger partial charge >= 0.3 is 0 Å². The second kappa shape index (κ2) is 8.77. The van der Waals surface area contributed by atoms with Gasteiger partial charge in [-0.25, -0.2) is 8.42 Å². The Labute approximate surface area is 172 Å². The van der Waals surface area contributed by atoms with Crippen LogP contribution in [0, 0.1) is 5.92 Å². The molecule has 1 saturated heterocycles. The van der Waals surface area contributed by atoms with Gasteiger partial charge in [0.25, 0.3) is 0 Å². The highest BCUT2D eigenvalue weighted by atomic mass is 79.9. The Bertz CT molecular complexity index is 917. The Kier molecular flexibility index (Phi) is 6.62. The minimum Gasteiger partial charge on any atom is -0.326 e. The molecule has 1 aliphatic heterocycles. The van der Waals surface area contributed by atoms with E-state index in [1.165, 1.54) is 4.31 Å². The Morgan fingerprint density at radius 1 is 1.22 bits per heavy atom. The summed E-state index contributed by atoms with van der Waals surface area (Å²) in [7, 11) is -3.60. The van der Waals surface area contributed by atoms with Crippen molar-refractivity contribution in [2.24, 2.45) is 5.92 Å². The van der Waals surface area contributed by atoms with Crippen molar-refractivity contribution in [2.75, 3.05) is 24.7 Å². The lowest BCUT2D eigenvalue weighted by Crippen LogP contribution is -2.43. The van der Waals surface area contributed by atoms with E-state index in [0.717, 1.165) is 15.1 Å². The summed E-state index contributed by atoms with van der Waals surface area (Å²) in [6, 6.07) is 14.2. The molecule has 0 spiro atoms. The highest BCUT2D eigenvalue weighted by Gasteiger charge is 2.33. The Morgan fingerprint density at radius 2 is 1.96 bits per heavy atom. The second-order valence-corrected chi connectivity index (χ2v) is 10.1. The number of piperidine rings is 1. The second-order valence-electron chi connectivity index (χ2n) is 6.38.